The molecule has 1 N–H and O–H groups in total. The van der Waals surface area contributed by atoms with Crippen molar-refractivity contribution in [1.82, 2.24) is 4.90 Å². The van der Waals surface area contributed by atoms with E-state index in [4.69, 9.17) is 9.84 Å². The summed E-state index contributed by atoms with van der Waals surface area (Å²) in [6.45, 7) is 3.18. The van der Waals surface area contributed by atoms with Gasteiger partial charge in [-0.25, -0.2) is 4.39 Å². The first-order valence-corrected chi connectivity index (χ1v) is 6.98. The fraction of sp³-hybridized carbons (Fsp3) is 0.533. The summed E-state index contributed by atoms with van der Waals surface area (Å²) in [7, 11) is 0. The smallest absolute Gasteiger partial charge is 0.306 e. The van der Waals surface area contributed by atoms with Crippen LogP contribution in [0.1, 0.15) is 19.3 Å². The van der Waals surface area contributed by atoms with E-state index in [0.717, 1.165) is 38.9 Å². The Bertz CT molecular complexity index is 427. The number of piperidine rings is 1. The molecule has 4 nitrogen and oxygen atoms in total. The fourth-order valence-electron chi connectivity index (χ4n) is 2.41. The number of carboxylic acids is 1. The van der Waals surface area contributed by atoms with Gasteiger partial charge in [0.05, 0.1) is 12.5 Å². The third-order valence-corrected chi connectivity index (χ3v) is 3.64. The highest BCUT2D eigenvalue weighted by Crippen LogP contribution is 2.17. The first-order valence-electron chi connectivity index (χ1n) is 6.98. The minimum atomic E-state index is -0.677. The van der Waals surface area contributed by atoms with Gasteiger partial charge in [-0.1, -0.05) is 0 Å². The van der Waals surface area contributed by atoms with Gasteiger partial charge in [0.1, 0.15) is 11.6 Å². The second kappa shape index (κ2) is 7.24. The van der Waals surface area contributed by atoms with Crippen molar-refractivity contribution in [3.8, 4) is 5.75 Å². The van der Waals surface area contributed by atoms with Crippen LogP contribution in [0.5, 0.6) is 5.75 Å². The summed E-state index contributed by atoms with van der Waals surface area (Å²) in [5.41, 5.74) is 0. The lowest BCUT2D eigenvalue weighted by molar-refractivity contribution is -0.143. The monoisotopic (exact) mass is 281 g/mol. The van der Waals surface area contributed by atoms with Crippen molar-refractivity contribution in [3.05, 3.63) is 30.1 Å². The highest BCUT2D eigenvalue weighted by atomic mass is 19.1. The van der Waals surface area contributed by atoms with Crippen LogP contribution in [0.25, 0.3) is 0 Å². The van der Waals surface area contributed by atoms with E-state index in [9.17, 15) is 9.18 Å². The maximum absolute atomic E-state index is 12.7. The summed E-state index contributed by atoms with van der Waals surface area (Å²) in [4.78, 5) is 13.1. The average Bonchev–Trinajstić information content (AvgIpc) is 2.46. The molecule has 0 bridgehead atoms. The lowest BCUT2D eigenvalue weighted by Crippen LogP contribution is -2.37. The molecule has 1 fully saturated rings. The summed E-state index contributed by atoms with van der Waals surface area (Å²) < 4.78 is 18.2. The molecule has 1 heterocycles. The molecule has 0 atom stereocenters. The molecule has 5 heteroatoms. The van der Waals surface area contributed by atoms with Gasteiger partial charge in [0.25, 0.3) is 0 Å². The van der Waals surface area contributed by atoms with E-state index in [1.165, 1.54) is 12.1 Å². The van der Waals surface area contributed by atoms with Crippen LogP contribution in [0.4, 0.5) is 4.39 Å². The Morgan fingerprint density at radius 3 is 2.55 bits per heavy atom. The third kappa shape index (κ3) is 4.49. The second-order valence-corrected chi connectivity index (χ2v) is 5.11. The second-order valence-electron chi connectivity index (χ2n) is 5.11. The van der Waals surface area contributed by atoms with Crippen LogP contribution in [0.3, 0.4) is 0 Å². The van der Waals surface area contributed by atoms with Gasteiger partial charge in [-0.05, 0) is 56.6 Å². The lowest BCUT2D eigenvalue weighted by Gasteiger charge is -2.29. The van der Waals surface area contributed by atoms with Crippen LogP contribution in [-0.4, -0.2) is 42.2 Å². The first-order chi connectivity index (χ1) is 9.65. The molecule has 1 saturated heterocycles. The zero-order chi connectivity index (χ0) is 14.4. The number of aliphatic carboxylic acids is 1. The van der Waals surface area contributed by atoms with E-state index in [0.29, 0.717) is 12.4 Å². The van der Waals surface area contributed by atoms with Gasteiger partial charge in [0.15, 0.2) is 0 Å². The maximum atomic E-state index is 12.7. The molecule has 0 aromatic heterocycles. The van der Waals surface area contributed by atoms with Gasteiger partial charge in [-0.2, -0.15) is 0 Å². The topological polar surface area (TPSA) is 49.8 Å². The molecule has 0 spiro atoms. The Morgan fingerprint density at radius 2 is 1.95 bits per heavy atom. The molecule has 20 heavy (non-hydrogen) atoms. The van der Waals surface area contributed by atoms with Gasteiger partial charge < -0.3 is 14.7 Å². The largest absolute Gasteiger partial charge is 0.494 e. The fourth-order valence-corrected chi connectivity index (χ4v) is 2.41. The van der Waals surface area contributed by atoms with E-state index >= 15 is 0 Å². The molecule has 0 unspecified atom stereocenters. The van der Waals surface area contributed by atoms with Crippen molar-refractivity contribution >= 4 is 5.97 Å². The highest BCUT2D eigenvalue weighted by molar-refractivity contribution is 5.70. The van der Waals surface area contributed by atoms with Gasteiger partial charge in [0, 0.05) is 6.54 Å². The first kappa shape index (κ1) is 14.8. The number of hydrogen-bond acceptors (Lipinski definition) is 3. The third-order valence-electron chi connectivity index (χ3n) is 3.64. The summed E-state index contributed by atoms with van der Waals surface area (Å²) in [6.07, 6.45) is 2.34. The number of ether oxygens (including phenoxy) is 1. The summed E-state index contributed by atoms with van der Waals surface area (Å²) in [6, 6.07) is 6.00. The number of benzene rings is 1. The standard InChI is InChI=1S/C15H20FNO3/c16-13-2-4-14(5-3-13)20-11-1-8-17-9-6-12(7-10-17)15(18)19/h2-5,12H,1,6-11H2,(H,18,19). The van der Waals surface area contributed by atoms with E-state index in [2.05, 4.69) is 4.90 Å². The molecule has 0 amide bonds. The Labute approximate surface area is 118 Å². The average molecular weight is 281 g/mol. The molecule has 0 aliphatic carbocycles. The summed E-state index contributed by atoms with van der Waals surface area (Å²) in [5.74, 6) is -0.444. The normalized spacial score (nSPS) is 17.1. The van der Waals surface area contributed by atoms with Crippen molar-refractivity contribution in [2.45, 2.75) is 19.3 Å². The number of likely N-dealkylation sites (tertiary alicyclic amines) is 1. The Morgan fingerprint density at radius 1 is 1.30 bits per heavy atom. The molecular formula is C15H20FNO3. The lowest BCUT2D eigenvalue weighted by atomic mass is 9.97. The molecule has 2 rings (SSSR count). The number of carbonyl (C=O) groups is 1. The molecular weight excluding hydrogens is 261 g/mol. The van der Waals surface area contributed by atoms with Crippen molar-refractivity contribution in [1.29, 1.82) is 0 Å². The molecule has 1 aromatic carbocycles. The quantitative estimate of drug-likeness (QED) is 0.813. The van der Waals surface area contributed by atoms with Crippen LogP contribution < -0.4 is 4.74 Å². The van der Waals surface area contributed by atoms with E-state index in [-0.39, 0.29) is 11.7 Å². The Hall–Kier alpha value is -1.62. The molecule has 1 aromatic rings. The van der Waals surface area contributed by atoms with Crippen molar-refractivity contribution in [3.63, 3.8) is 0 Å². The van der Waals surface area contributed by atoms with E-state index < -0.39 is 5.97 Å². The maximum Gasteiger partial charge on any atom is 0.306 e. The van der Waals surface area contributed by atoms with E-state index in [1.807, 2.05) is 0 Å². The minimum absolute atomic E-state index is 0.179. The van der Waals surface area contributed by atoms with Crippen LogP contribution in [0, 0.1) is 11.7 Å². The van der Waals surface area contributed by atoms with Gasteiger partial charge >= 0.3 is 5.97 Å². The molecule has 0 saturated carbocycles. The molecule has 0 radical (unpaired) electrons. The van der Waals surface area contributed by atoms with Crippen molar-refractivity contribution in [2.75, 3.05) is 26.2 Å². The molecule has 110 valence electrons. The predicted octanol–water partition coefficient (Wildman–Crippen LogP) is 2.39. The number of carboxylic acid groups (broad SMARTS) is 1. The zero-order valence-electron chi connectivity index (χ0n) is 11.4. The number of rotatable bonds is 6. The SMILES string of the molecule is O=C(O)C1CCN(CCCOc2ccc(F)cc2)CC1. The van der Waals surface area contributed by atoms with Gasteiger partial charge in [-0.15, -0.1) is 0 Å². The van der Waals surface area contributed by atoms with Gasteiger partial charge in [-0.3, -0.25) is 4.79 Å². The van der Waals surface area contributed by atoms with E-state index in [1.54, 1.807) is 12.1 Å². The van der Waals surface area contributed by atoms with Crippen LogP contribution >= 0.6 is 0 Å². The van der Waals surface area contributed by atoms with Gasteiger partial charge in [0.2, 0.25) is 0 Å². The van der Waals surface area contributed by atoms with Crippen molar-refractivity contribution < 1.29 is 19.0 Å². The van der Waals surface area contributed by atoms with Crippen LogP contribution in [0.15, 0.2) is 24.3 Å². The van der Waals surface area contributed by atoms with Crippen LogP contribution in [0.2, 0.25) is 0 Å². The van der Waals surface area contributed by atoms with Crippen molar-refractivity contribution in [2.24, 2.45) is 5.92 Å². The molecule has 1 aliphatic heterocycles. The highest BCUT2D eigenvalue weighted by Gasteiger charge is 2.23. The summed E-state index contributed by atoms with van der Waals surface area (Å²) >= 11 is 0. The molecule has 1 aliphatic rings. The number of nitrogens with zero attached hydrogens (tertiary/aromatic N) is 1. The number of hydrogen-bond donors (Lipinski definition) is 1. The predicted molar refractivity (Wildman–Crippen MR) is 73.3 cm³/mol. The zero-order valence-corrected chi connectivity index (χ0v) is 11.4. The Kier molecular flexibility index (Phi) is 5.35. The minimum Gasteiger partial charge on any atom is -0.494 e. The van der Waals surface area contributed by atoms with Crippen LogP contribution in [-0.2, 0) is 4.79 Å². The summed E-state index contributed by atoms with van der Waals surface area (Å²) in [5, 5.41) is 8.92. The number of halogens is 1. The Balaban J connectivity index is 1.60.